The predicted octanol–water partition coefficient (Wildman–Crippen LogP) is 3.54. The lowest BCUT2D eigenvalue weighted by atomic mass is 10.0. The van der Waals surface area contributed by atoms with E-state index < -0.39 is 0 Å². The average Bonchev–Trinajstić information content (AvgIpc) is 2.47. The van der Waals surface area contributed by atoms with Crippen LogP contribution in [0.4, 0.5) is 17.1 Å². The van der Waals surface area contributed by atoms with Crippen molar-refractivity contribution in [1.82, 2.24) is 0 Å². The molecule has 0 aliphatic carbocycles. The lowest BCUT2D eigenvalue weighted by molar-refractivity contribution is -0.115. The number of anilines is 3. The van der Waals surface area contributed by atoms with Gasteiger partial charge in [0.1, 0.15) is 11.4 Å². The van der Waals surface area contributed by atoms with Gasteiger partial charge in [0.25, 0.3) is 0 Å². The number of hydrogen-bond donors (Lipinski definition) is 2. The first-order chi connectivity index (χ1) is 11.3. The molecule has 3 rings (SSSR count). The van der Waals surface area contributed by atoms with Gasteiger partial charge in [0.05, 0.1) is 18.8 Å². The highest BCUT2D eigenvalue weighted by Gasteiger charge is 2.32. The molecule has 0 spiro atoms. The third kappa shape index (κ3) is 3.74. The molecule has 3 N–H and O–H groups in total. The van der Waals surface area contributed by atoms with Gasteiger partial charge in [-0.15, -0.1) is 0 Å². The van der Waals surface area contributed by atoms with Crippen molar-refractivity contribution in [1.29, 1.82) is 0 Å². The van der Waals surface area contributed by atoms with Crippen molar-refractivity contribution in [3.05, 3.63) is 47.5 Å². The maximum absolute atomic E-state index is 12.4. The number of carbonyl (C=O) groups is 1. The number of nitrogens with one attached hydrogen (secondary N) is 1. The van der Waals surface area contributed by atoms with Crippen molar-refractivity contribution in [2.75, 3.05) is 29.0 Å². The van der Waals surface area contributed by atoms with Crippen LogP contribution in [0.5, 0.6) is 5.75 Å². The van der Waals surface area contributed by atoms with Gasteiger partial charge in [-0.05, 0) is 50.2 Å². The van der Waals surface area contributed by atoms with Gasteiger partial charge in [-0.25, -0.2) is 0 Å². The van der Waals surface area contributed by atoms with Crippen LogP contribution in [-0.2, 0) is 4.79 Å². The Labute approximate surface area is 146 Å². The Bertz CT molecular complexity index is 777. The Balaban J connectivity index is 1.79. The highest BCUT2D eigenvalue weighted by atomic mass is 35.5. The Morgan fingerprint density at radius 1 is 1.33 bits per heavy atom. The summed E-state index contributed by atoms with van der Waals surface area (Å²) >= 11 is 5.95. The van der Waals surface area contributed by atoms with Crippen LogP contribution < -0.4 is 20.7 Å². The summed E-state index contributed by atoms with van der Waals surface area (Å²) in [6.45, 7) is 4.78. The summed E-state index contributed by atoms with van der Waals surface area (Å²) in [5, 5.41) is 3.45. The molecule has 0 bridgehead atoms. The monoisotopic (exact) mass is 345 g/mol. The molecule has 1 amide bonds. The van der Waals surface area contributed by atoms with Crippen molar-refractivity contribution in [3.63, 3.8) is 0 Å². The number of nitrogens with two attached hydrogens (primary N) is 1. The third-order valence-corrected chi connectivity index (χ3v) is 3.96. The first-order valence-electron chi connectivity index (χ1n) is 7.71. The second kappa shape index (κ2) is 6.24. The van der Waals surface area contributed by atoms with Crippen LogP contribution in [0.1, 0.15) is 13.8 Å². The number of nitrogens with zero attached hydrogens (tertiary/aromatic N) is 1. The van der Waals surface area contributed by atoms with Crippen LogP contribution in [0.2, 0.25) is 5.02 Å². The maximum atomic E-state index is 12.4. The molecule has 0 radical (unpaired) electrons. The number of rotatable bonds is 3. The fraction of sp³-hybridized carbons (Fsp3) is 0.278. The number of hydrogen-bond acceptors (Lipinski definition) is 4. The summed E-state index contributed by atoms with van der Waals surface area (Å²) in [6, 6.07) is 12.6. The Hall–Kier alpha value is -2.40. The first kappa shape index (κ1) is 16.5. The number of ether oxygens (including phenoxy) is 1. The number of fused-ring (bicyclic) bond motifs is 1. The van der Waals surface area contributed by atoms with Gasteiger partial charge < -0.3 is 20.7 Å². The van der Waals surface area contributed by atoms with Crippen LogP contribution in [0, 0.1) is 0 Å². The zero-order valence-electron chi connectivity index (χ0n) is 13.7. The molecular weight excluding hydrogens is 326 g/mol. The minimum absolute atomic E-state index is 0.122. The van der Waals surface area contributed by atoms with Crippen LogP contribution in [0.15, 0.2) is 42.5 Å². The lowest BCUT2D eigenvalue weighted by Crippen LogP contribution is -2.49. The molecule has 5 nitrogen and oxygen atoms in total. The van der Waals surface area contributed by atoms with Gasteiger partial charge in [0.15, 0.2) is 0 Å². The van der Waals surface area contributed by atoms with Crippen LogP contribution >= 0.6 is 11.6 Å². The number of benzene rings is 2. The summed E-state index contributed by atoms with van der Waals surface area (Å²) < 4.78 is 5.97. The predicted molar refractivity (Wildman–Crippen MR) is 97.9 cm³/mol. The number of halogens is 1. The van der Waals surface area contributed by atoms with E-state index in [1.165, 1.54) is 0 Å². The van der Waals surface area contributed by atoms with E-state index in [0.29, 0.717) is 22.9 Å². The zero-order chi connectivity index (χ0) is 17.3. The van der Waals surface area contributed by atoms with Gasteiger partial charge in [-0.2, -0.15) is 0 Å². The van der Waals surface area contributed by atoms with E-state index in [9.17, 15) is 4.79 Å². The molecule has 0 saturated heterocycles. The first-order valence-corrected chi connectivity index (χ1v) is 8.09. The van der Waals surface area contributed by atoms with Crippen LogP contribution in [-0.4, -0.2) is 24.6 Å². The molecular formula is C18H20ClN3O2. The van der Waals surface area contributed by atoms with E-state index >= 15 is 0 Å². The van der Waals surface area contributed by atoms with Crippen molar-refractivity contribution in [3.8, 4) is 5.75 Å². The molecule has 0 atom stereocenters. The highest BCUT2D eigenvalue weighted by molar-refractivity contribution is 6.30. The van der Waals surface area contributed by atoms with Gasteiger partial charge >= 0.3 is 0 Å². The number of nitrogen functional groups attached to an aromatic ring is 1. The fourth-order valence-corrected chi connectivity index (χ4v) is 3.01. The van der Waals surface area contributed by atoms with Crippen LogP contribution in [0.25, 0.3) is 0 Å². The van der Waals surface area contributed by atoms with E-state index in [1.807, 2.05) is 30.9 Å². The van der Waals surface area contributed by atoms with Crippen molar-refractivity contribution >= 4 is 34.6 Å². The highest BCUT2D eigenvalue weighted by Crippen LogP contribution is 2.38. The van der Waals surface area contributed by atoms with E-state index in [1.54, 1.807) is 30.3 Å². The quantitative estimate of drug-likeness (QED) is 0.835. The Morgan fingerprint density at radius 2 is 2.12 bits per heavy atom. The molecule has 24 heavy (non-hydrogen) atoms. The lowest BCUT2D eigenvalue weighted by Gasteiger charge is -2.40. The second-order valence-corrected chi connectivity index (χ2v) is 6.94. The van der Waals surface area contributed by atoms with Crippen molar-refractivity contribution < 1.29 is 9.53 Å². The molecule has 1 heterocycles. The molecule has 2 aromatic carbocycles. The maximum Gasteiger partial charge on any atom is 0.243 e. The van der Waals surface area contributed by atoms with E-state index in [-0.39, 0.29) is 18.1 Å². The Morgan fingerprint density at radius 3 is 2.88 bits per heavy atom. The average molecular weight is 346 g/mol. The van der Waals surface area contributed by atoms with Crippen molar-refractivity contribution in [2.45, 2.75) is 19.4 Å². The summed E-state index contributed by atoms with van der Waals surface area (Å²) in [5.41, 5.74) is 7.64. The summed E-state index contributed by atoms with van der Waals surface area (Å²) in [7, 11) is 0. The molecule has 126 valence electrons. The minimum atomic E-state index is -0.389. The zero-order valence-corrected chi connectivity index (χ0v) is 14.4. The summed E-state index contributed by atoms with van der Waals surface area (Å²) in [4.78, 5) is 14.4. The van der Waals surface area contributed by atoms with Gasteiger partial charge in [-0.1, -0.05) is 17.7 Å². The molecule has 0 saturated carbocycles. The van der Waals surface area contributed by atoms with Crippen molar-refractivity contribution in [2.24, 2.45) is 0 Å². The van der Waals surface area contributed by atoms with E-state index in [0.717, 1.165) is 11.4 Å². The topological polar surface area (TPSA) is 67.6 Å². The van der Waals surface area contributed by atoms with Gasteiger partial charge in [0, 0.05) is 16.4 Å². The SMILES string of the molecule is CC1(C)CN(CC(=O)Nc2cccc(Cl)c2)c2cc(N)ccc2O1. The van der Waals surface area contributed by atoms with Gasteiger partial charge in [-0.3, -0.25) is 4.79 Å². The third-order valence-electron chi connectivity index (χ3n) is 3.72. The molecule has 0 aromatic heterocycles. The molecule has 1 aliphatic heterocycles. The van der Waals surface area contributed by atoms with Crippen LogP contribution in [0.3, 0.4) is 0 Å². The molecule has 6 heteroatoms. The smallest absolute Gasteiger partial charge is 0.243 e. The normalized spacial score (nSPS) is 15.4. The molecule has 0 unspecified atom stereocenters. The van der Waals surface area contributed by atoms with E-state index in [4.69, 9.17) is 22.1 Å². The molecule has 0 fully saturated rings. The fourth-order valence-electron chi connectivity index (χ4n) is 2.82. The summed E-state index contributed by atoms with van der Waals surface area (Å²) in [6.07, 6.45) is 0. The standard InChI is InChI=1S/C18H20ClN3O2/c1-18(2)11-22(15-9-13(20)6-7-16(15)24-18)10-17(23)21-14-5-3-4-12(19)8-14/h3-9H,10-11,20H2,1-2H3,(H,21,23). The summed E-state index contributed by atoms with van der Waals surface area (Å²) in [5.74, 6) is 0.611. The molecule has 1 aliphatic rings. The number of carbonyl (C=O) groups excluding carboxylic acids is 1. The van der Waals surface area contributed by atoms with Gasteiger partial charge in [0.2, 0.25) is 5.91 Å². The Kier molecular flexibility index (Phi) is 4.28. The largest absolute Gasteiger partial charge is 0.484 e. The second-order valence-electron chi connectivity index (χ2n) is 6.50. The minimum Gasteiger partial charge on any atom is -0.484 e. The van der Waals surface area contributed by atoms with E-state index in [2.05, 4.69) is 5.32 Å². The molecule has 2 aromatic rings. The number of amides is 1.